The van der Waals surface area contributed by atoms with Crippen LogP contribution in [0.5, 0.6) is 0 Å². The molecule has 1 aromatic heterocycles. The number of benzene rings is 1. The molecule has 1 unspecified atom stereocenters. The number of aromatic nitrogens is 2. The second-order valence-electron chi connectivity index (χ2n) is 4.01. The van der Waals surface area contributed by atoms with Gasteiger partial charge in [-0.2, -0.15) is 4.98 Å². The van der Waals surface area contributed by atoms with Gasteiger partial charge in [0.1, 0.15) is 5.82 Å². The molecule has 2 aromatic rings. The quantitative estimate of drug-likeness (QED) is 0.927. The van der Waals surface area contributed by atoms with Crippen molar-refractivity contribution in [2.75, 3.05) is 7.05 Å². The summed E-state index contributed by atoms with van der Waals surface area (Å²) in [6.45, 7) is 2.01. The van der Waals surface area contributed by atoms with Gasteiger partial charge in [0, 0.05) is 12.5 Å². The van der Waals surface area contributed by atoms with E-state index in [-0.39, 0.29) is 17.0 Å². The summed E-state index contributed by atoms with van der Waals surface area (Å²) in [4.78, 5) is 4.20. The molecular formula is C12H13ClFN3O. The lowest BCUT2D eigenvalue weighted by Gasteiger charge is -2.04. The highest BCUT2D eigenvalue weighted by atomic mass is 35.5. The molecule has 96 valence electrons. The summed E-state index contributed by atoms with van der Waals surface area (Å²) in [5.41, 5.74) is 0.410. The summed E-state index contributed by atoms with van der Waals surface area (Å²) in [5.74, 6) is 0.294. The second-order valence-corrected chi connectivity index (χ2v) is 4.39. The van der Waals surface area contributed by atoms with E-state index in [0.717, 1.165) is 0 Å². The van der Waals surface area contributed by atoms with Crippen LogP contribution in [0.25, 0.3) is 11.5 Å². The maximum absolute atomic E-state index is 13.3. The third-order valence-corrected chi connectivity index (χ3v) is 3.02. The summed E-state index contributed by atoms with van der Waals surface area (Å²) in [7, 11) is 1.86. The third-order valence-electron chi connectivity index (χ3n) is 2.63. The maximum Gasteiger partial charge on any atom is 0.259 e. The Morgan fingerprint density at radius 3 is 3.00 bits per heavy atom. The van der Waals surface area contributed by atoms with Gasteiger partial charge in [-0.15, -0.1) is 0 Å². The van der Waals surface area contributed by atoms with Crippen molar-refractivity contribution in [3.05, 3.63) is 34.9 Å². The van der Waals surface area contributed by atoms with E-state index in [1.165, 1.54) is 6.07 Å². The van der Waals surface area contributed by atoms with Gasteiger partial charge in [-0.05, 0) is 26.1 Å². The molecule has 1 atom stereocenters. The zero-order valence-corrected chi connectivity index (χ0v) is 10.8. The zero-order valence-electron chi connectivity index (χ0n) is 10.1. The average molecular weight is 270 g/mol. The maximum atomic E-state index is 13.3. The summed E-state index contributed by atoms with van der Waals surface area (Å²) in [6.07, 6.45) is 0.632. The van der Waals surface area contributed by atoms with Crippen LogP contribution < -0.4 is 5.32 Å². The highest BCUT2D eigenvalue weighted by molar-refractivity contribution is 6.33. The van der Waals surface area contributed by atoms with E-state index in [0.29, 0.717) is 17.8 Å². The molecule has 0 spiro atoms. The molecule has 2 rings (SSSR count). The average Bonchev–Trinajstić information content (AvgIpc) is 2.80. The first-order valence-electron chi connectivity index (χ1n) is 5.56. The Morgan fingerprint density at radius 1 is 1.50 bits per heavy atom. The Morgan fingerprint density at radius 2 is 2.28 bits per heavy atom. The van der Waals surface area contributed by atoms with E-state index in [4.69, 9.17) is 16.1 Å². The molecule has 1 aromatic carbocycles. The Bertz CT molecular complexity index is 544. The first kappa shape index (κ1) is 13.0. The molecule has 1 heterocycles. The second kappa shape index (κ2) is 5.46. The Labute approximate surface area is 109 Å². The SMILES string of the molecule is CNC(C)Cc1noc(-c2cccc(F)c2Cl)n1. The van der Waals surface area contributed by atoms with Crippen LogP contribution in [0.3, 0.4) is 0 Å². The summed E-state index contributed by atoms with van der Waals surface area (Å²) >= 11 is 5.85. The number of halogens is 2. The molecule has 0 aliphatic carbocycles. The number of hydrogen-bond acceptors (Lipinski definition) is 4. The van der Waals surface area contributed by atoms with Crippen molar-refractivity contribution >= 4 is 11.6 Å². The van der Waals surface area contributed by atoms with E-state index in [9.17, 15) is 4.39 Å². The highest BCUT2D eigenvalue weighted by Crippen LogP contribution is 2.28. The number of nitrogens with one attached hydrogen (secondary N) is 1. The van der Waals surface area contributed by atoms with E-state index < -0.39 is 5.82 Å². The van der Waals surface area contributed by atoms with E-state index >= 15 is 0 Å². The largest absolute Gasteiger partial charge is 0.334 e. The van der Waals surface area contributed by atoms with Crippen molar-refractivity contribution in [3.8, 4) is 11.5 Å². The van der Waals surface area contributed by atoms with Crippen LogP contribution in [0.1, 0.15) is 12.7 Å². The molecule has 0 fully saturated rings. The first-order chi connectivity index (χ1) is 8.61. The molecular weight excluding hydrogens is 257 g/mol. The van der Waals surface area contributed by atoms with Crippen LogP contribution in [-0.2, 0) is 6.42 Å². The van der Waals surface area contributed by atoms with Gasteiger partial charge in [0.15, 0.2) is 5.82 Å². The molecule has 6 heteroatoms. The molecule has 0 bridgehead atoms. The third kappa shape index (κ3) is 2.68. The minimum Gasteiger partial charge on any atom is -0.334 e. The fourth-order valence-corrected chi connectivity index (χ4v) is 1.70. The van der Waals surface area contributed by atoms with E-state index in [2.05, 4.69) is 15.5 Å². The van der Waals surface area contributed by atoms with Crippen LogP contribution >= 0.6 is 11.6 Å². The van der Waals surface area contributed by atoms with Crippen LogP contribution in [0.15, 0.2) is 22.7 Å². The van der Waals surface area contributed by atoms with Crippen LogP contribution in [0, 0.1) is 5.82 Å². The monoisotopic (exact) mass is 269 g/mol. The smallest absolute Gasteiger partial charge is 0.259 e. The van der Waals surface area contributed by atoms with Gasteiger partial charge in [-0.3, -0.25) is 0 Å². The molecule has 0 amide bonds. The van der Waals surface area contributed by atoms with Gasteiger partial charge >= 0.3 is 0 Å². The molecule has 0 aliphatic rings. The standard InChI is InChI=1S/C12H13ClFN3O/c1-7(15-2)6-10-16-12(18-17-10)8-4-3-5-9(14)11(8)13/h3-5,7,15H,6H2,1-2H3. The molecule has 0 radical (unpaired) electrons. The van der Waals surface area contributed by atoms with Crippen LogP contribution in [-0.4, -0.2) is 23.2 Å². The van der Waals surface area contributed by atoms with Gasteiger partial charge in [0.25, 0.3) is 5.89 Å². The van der Waals surface area contributed by atoms with Crippen molar-refractivity contribution in [2.45, 2.75) is 19.4 Å². The van der Waals surface area contributed by atoms with Crippen LogP contribution in [0.2, 0.25) is 5.02 Å². The lowest BCUT2D eigenvalue weighted by molar-refractivity contribution is 0.418. The summed E-state index contributed by atoms with van der Waals surface area (Å²) < 4.78 is 18.4. The van der Waals surface area contributed by atoms with Crippen LogP contribution in [0.4, 0.5) is 4.39 Å². The van der Waals surface area contributed by atoms with Crippen molar-refractivity contribution in [1.29, 1.82) is 0 Å². The minimum absolute atomic E-state index is 0.00522. The van der Waals surface area contributed by atoms with Crippen molar-refractivity contribution in [3.63, 3.8) is 0 Å². The van der Waals surface area contributed by atoms with Crippen molar-refractivity contribution < 1.29 is 8.91 Å². The first-order valence-corrected chi connectivity index (χ1v) is 5.94. The number of hydrogen-bond donors (Lipinski definition) is 1. The Kier molecular flexibility index (Phi) is 3.93. The number of nitrogens with zero attached hydrogens (tertiary/aromatic N) is 2. The van der Waals surface area contributed by atoms with Gasteiger partial charge < -0.3 is 9.84 Å². The Balaban J connectivity index is 2.27. The molecule has 4 nitrogen and oxygen atoms in total. The fraction of sp³-hybridized carbons (Fsp3) is 0.333. The molecule has 0 saturated heterocycles. The van der Waals surface area contributed by atoms with Gasteiger partial charge in [-0.25, -0.2) is 4.39 Å². The predicted octanol–water partition coefficient (Wildman–Crippen LogP) is 2.68. The molecule has 18 heavy (non-hydrogen) atoms. The molecule has 0 saturated carbocycles. The topological polar surface area (TPSA) is 51.0 Å². The lowest BCUT2D eigenvalue weighted by Crippen LogP contribution is -2.24. The molecule has 1 N–H and O–H groups in total. The van der Waals surface area contributed by atoms with Gasteiger partial charge in [0.2, 0.25) is 0 Å². The van der Waals surface area contributed by atoms with Gasteiger partial charge in [-0.1, -0.05) is 22.8 Å². The van der Waals surface area contributed by atoms with Gasteiger partial charge in [0.05, 0.1) is 10.6 Å². The van der Waals surface area contributed by atoms with Crippen molar-refractivity contribution in [2.24, 2.45) is 0 Å². The van der Waals surface area contributed by atoms with E-state index in [1.807, 2.05) is 14.0 Å². The summed E-state index contributed by atoms with van der Waals surface area (Å²) in [5, 5.41) is 6.91. The normalized spacial score (nSPS) is 12.7. The summed E-state index contributed by atoms with van der Waals surface area (Å²) in [6, 6.07) is 4.71. The van der Waals surface area contributed by atoms with E-state index in [1.54, 1.807) is 12.1 Å². The predicted molar refractivity (Wildman–Crippen MR) is 66.9 cm³/mol. The van der Waals surface area contributed by atoms with Crippen molar-refractivity contribution in [1.82, 2.24) is 15.5 Å². The number of rotatable bonds is 4. The lowest BCUT2D eigenvalue weighted by atomic mass is 10.2. The Hall–Kier alpha value is -1.46. The number of likely N-dealkylation sites (N-methyl/N-ethyl adjacent to an activating group) is 1. The molecule has 0 aliphatic heterocycles. The fourth-order valence-electron chi connectivity index (χ4n) is 1.49. The minimum atomic E-state index is -0.502. The zero-order chi connectivity index (χ0) is 13.1. The highest BCUT2D eigenvalue weighted by Gasteiger charge is 2.15.